The van der Waals surface area contributed by atoms with Crippen molar-refractivity contribution in [3.63, 3.8) is 0 Å². The van der Waals surface area contributed by atoms with Gasteiger partial charge in [0, 0.05) is 24.1 Å². The summed E-state index contributed by atoms with van der Waals surface area (Å²) < 4.78 is 0. The summed E-state index contributed by atoms with van der Waals surface area (Å²) in [6.45, 7) is 5.95. The molecule has 0 aliphatic carbocycles. The largest absolute Gasteiger partial charge is 0.341 e. The molecule has 1 saturated heterocycles. The molecule has 1 fully saturated rings. The van der Waals surface area contributed by atoms with Gasteiger partial charge < -0.3 is 4.90 Å². The van der Waals surface area contributed by atoms with E-state index in [0.717, 1.165) is 25.3 Å². The fourth-order valence-corrected chi connectivity index (χ4v) is 2.66. The lowest BCUT2D eigenvalue weighted by Crippen LogP contribution is -2.37. The molecule has 0 bridgehead atoms. The topological polar surface area (TPSA) is 20.3 Å². The predicted molar refractivity (Wildman–Crippen MR) is 61.5 cm³/mol. The van der Waals surface area contributed by atoms with Crippen LogP contribution in [0.25, 0.3) is 0 Å². The molecule has 76 valence electrons. The molecule has 0 aromatic heterocycles. The second-order valence-corrected chi connectivity index (χ2v) is 6.33. The fourth-order valence-electron chi connectivity index (χ4n) is 1.37. The van der Waals surface area contributed by atoms with Gasteiger partial charge in [0.05, 0.1) is 4.83 Å². The van der Waals surface area contributed by atoms with E-state index in [1.807, 2.05) is 23.6 Å². The first-order valence-corrected chi connectivity index (χ1v) is 6.62. The van der Waals surface area contributed by atoms with Crippen LogP contribution in [-0.4, -0.2) is 39.7 Å². The van der Waals surface area contributed by atoms with Crippen LogP contribution in [0.4, 0.5) is 0 Å². The van der Waals surface area contributed by atoms with Crippen molar-refractivity contribution in [2.45, 2.75) is 30.3 Å². The van der Waals surface area contributed by atoms with Crippen LogP contribution in [0.5, 0.6) is 0 Å². The van der Waals surface area contributed by atoms with Gasteiger partial charge in [0.2, 0.25) is 5.91 Å². The third-order valence-electron chi connectivity index (χ3n) is 2.22. The van der Waals surface area contributed by atoms with Gasteiger partial charge in [-0.15, -0.1) is 0 Å². The predicted octanol–water partition coefficient (Wildman–Crippen LogP) is 2.12. The number of hydrogen-bond acceptors (Lipinski definition) is 2. The summed E-state index contributed by atoms with van der Waals surface area (Å²) in [4.78, 5) is 13.6. The molecule has 1 heterocycles. The molecular weight excluding hydrogens is 250 g/mol. The lowest BCUT2D eigenvalue weighted by molar-refractivity contribution is -0.129. The third-order valence-corrected chi connectivity index (χ3v) is 3.84. The lowest BCUT2D eigenvalue weighted by atomic mass is 10.3. The van der Waals surface area contributed by atoms with Crippen LogP contribution in [0.1, 0.15) is 20.3 Å². The standard InChI is InChI=1S/C9H16BrNOS/c1-7-3-4-11(5-6-13-7)9(12)8(2)10/h7-8H,3-6H2,1-2H3. The second kappa shape index (κ2) is 5.25. The minimum absolute atomic E-state index is 0.0362. The van der Waals surface area contributed by atoms with Crippen molar-refractivity contribution >= 4 is 33.6 Å². The minimum atomic E-state index is -0.0362. The van der Waals surface area contributed by atoms with E-state index in [2.05, 4.69) is 22.9 Å². The average molecular weight is 266 g/mol. The van der Waals surface area contributed by atoms with Crippen molar-refractivity contribution in [1.29, 1.82) is 0 Å². The number of rotatable bonds is 1. The Bertz CT molecular complexity index is 186. The molecule has 0 N–H and O–H groups in total. The smallest absolute Gasteiger partial charge is 0.236 e. The van der Waals surface area contributed by atoms with Gasteiger partial charge in [-0.2, -0.15) is 11.8 Å². The first-order chi connectivity index (χ1) is 6.11. The van der Waals surface area contributed by atoms with E-state index in [-0.39, 0.29) is 10.7 Å². The van der Waals surface area contributed by atoms with E-state index in [0.29, 0.717) is 5.25 Å². The van der Waals surface area contributed by atoms with Crippen LogP contribution in [0, 0.1) is 0 Å². The van der Waals surface area contributed by atoms with E-state index in [4.69, 9.17) is 0 Å². The van der Waals surface area contributed by atoms with Crippen LogP contribution in [0.15, 0.2) is 0 Å². The summed E-state index contributed by atoms with van der Waals surface area (Å²) in [6, 6.07) is 0. The first-order valence-electron chi connectivity index (χ1n) is 4.65. The zero-order chi connectivity index (χ0) is 9.84. The normalized spacial score (nSPS) is 26.7. The number of carbonyl (C=O) groups excluding carboxylic acids is 1. The van der Waals surface area contributed by atoms with Gasteiger partial charge in [0.15, 0.2) is 0 Å². The Hall–Kier alpha value is 0.300. The van der Waals surface area contributed by atoms with Gasteiger partial charge in [-0.1, -0.05) is 22.9 Å². The van der Waals surface area contributed by atoms with Crippen LogP contribution < -0.4 is 0 Å². The van der Waals surface area contributed by atoms with E-state index < -0.39 is 0 Å². The molecule has 0 aromatic rings. The maximum Gasteiger partial charge on any atom is 0.236 e. The molecule has 13 heavy (non-hydrogen) atoms. The third kappa shape index (κ3) is 3.50. The van der Waals surface area contributed by atoms with Gasteiger partial charge in [-0.3, -0.25) is 4.79 Å². The van der Waals surface area contributed by atoms with Crippen molar-refractivity contribution in [1.82, 2.24) is 4.90 Å². The summed E-state index contributed by atoms with van der Waals surface area (Å²) in [5.41, 5.74) is 0. The highest BCUT2D eigenvalue weighted by Gasteiger charge is 2.21. The van der Waals surface area contributed by atoms with Crippen LogP contribution in [-0.2, 0) is 4.79 Å². The summed E-state index contributed by atoms with van der Waals surface area (Å²) >= 11 is 5.28. The number of carbonyl (C=O) groups is 1. The van der Waals surface area contributed by atoms with Crippen molar-refractivity contribution in [3.05, 3.63) is 0 Å². The van der Waals surface area contributed by atoms with Gasteiger partial charge >= 0.3 is 0 Å². The SMILES string of the molecule is CC1CCN(C(=O)C(C)Br)CCS1. The number of amides is 1. The number of thioether (sulfide) groups is 1. The molecule has 0 radical (unpaired) electrons. The summed E-state index contributed by atoms with van der Waals surface area (Å²) in [5.74, 6) is 1.31. The Morgan fingerprint density at radius 2 is 2.31 bits per heavy atom. The van der Waals surface area contributed by atoms with E-state index in [1.165, 1.54) is 0 Å². The number of halogens is 1. The Balaban J connectivity index is 2.46. The summed E-state index contributed by atoms with van der Waals surface area (Å²) in [6.07, 6.45) is 1.12. The molecule has 0 aromatic carbocycles. The molecule has 0 spiro atoms. The van der Waals surface area contributed by atoms with Gasteiger partial charge in [-0.25, -0.2) is 0 Å². The Kier molecular flexibility index (Phi) is 4.59. The van der Waals surface area contributed by atoms with E-state index >= 15 is 0 Å². The Morgan fingerprint density at radius 1 is 1.62 bits per heavy atom. The molecule has 1 amide bonds. The minimum Gasteiger partial charge on any atom is -0.341 e. The van der Waals surface area contributed by atoms with E-state index in [9.17, 15) is 4.79 Å². The van der Waals surface area contributed by atoms with Crippen LogP contribution in [0.3, 0.4) is 0 Å². The van der Waals surface area contributed by atoms with E-state index in [1.54, 1.807) is 0 Å². The lowest BCUT2D eigenvalue weighted by Gasteiger charge is -2.21. The molecule has 2 atom stereocenters. The summed E-state index contributed by atoms with van der Waals surface area (Å²) in [5, 5.41) is 0.698. The molecule has 2 nitrogen and oxygen atoms in total. The highest BCUT2D eigenvalue weighted by Crippen LogP contribution is 2.19. The monoisotopic (exact) mass is 265 g/mol. The second-order valence-electron chi connectivity index (χ2n) is 3.41. The van der Waals surface area contributed by atoms with Crippen molar-refractivity contribution in [3.8, 4) is 0 Å². The van der Waals surface area contributed by atoms with Gasteiger partial charge in [0.1, 0.15) is 0 Å². The molecular formula is C9H16BrNOS. The van der Waals surface area contributed by atoms with Crippen molar-refractivity contribution in [2.24, 2.45) is 0 Å². The van der Waals surface area contributed by atoms with Crippen LogP contribution in [0.2, 0.25) is 0 Å². The molecule has 1 aliphatic rings. The number of alkyl halides is 1. The maximum absolute atomic E-state index is 11.6. The maximum atomic E-state index is 11.6. The fraction of sp³-hybridized carbons (Fsp3) is 0.889. The highest BCUT2D eigenvalue weighted by molar-refractivity contribution is 9.10. The van der Waals surface area contributed by atoms with Crippen molar-refractivity contribution < 1.29 is 4.79 Å². The first kappa shape index (κ1) is 11.4. The molecule has 1 rings (SSSR count). The number of hydrogen-bond donors (Lipinski definition) is 0. The van der Waals surface area contributed by atoms with Crippen molar-refractivity contribution in [2.75, 3.05) is 18.8 Å². The Labute approximate surface area is 92.6 Å². The molecule has 4 heteroatoms. The summed E-state index contributed by atoms with van der Waals surface area (Å²) in [7, 11) is 0. The Morgan fingerprint density at radius 3 is 2.92 bits per heavy atom. The molecule has 2 unspecified atom stereocenters. The quantitative estimate of drug-likeness (QED) is 0.678. The zero-order valence-electron chi connectivity index (χ0n) is 8.12. The van der Waals surface area contributed by atoms with Crippen LogP contribution >= 0.6 is 27.7 Å². The van der Waals surface area contributed by atoms with Gasteiger partial charge in [0.25, 0.3) is 0 Å². The number of nitrogens with zero attached hydrogens (tertiary/aromatic N) is 1. The molecule has 1 aliphatic heterocycles. The van der Waals surface area contributed by atoms with Gasteiger partial charge in [-0.05, 0) is 13.3 Å². The zero-order valence-corrected chi connectivity index (χ0v) is 10.5. The molecule has 0 saturated carbocycles. The average Bonchev–Trinajstić information content (AvgIpc) is 2.28. The highest BCUT2D eigenvalue weighted by atomic mass is 79.9.